The van der Waals surface area contributed by atoms with E-state index in [0.717, 1.165) is 15.7 Å². The summed E-state index contributed by atoms with van der Waals surface area (Å²) < 4.78 is 0.985. The van der Waals surface area contributed by atoms with Crippen molar-refractivity contribution in [1.29, 1.82) is 0 Å². The standard InChI is InChI=1S/C18H17BrClN3O2/c1-11-8-13(4-7-16(11)19)21-18(25)22-14-9-17(24)23(10-14)15-5-2-12(20)3-6-15/h2-8,14H,9-10H2,1H3,(H2,21,22,25). The molecule has 1 saturated heterocycles. The number of nitrogens with one attached hydrogen (secondary N) is 2. The van der Waals surface area contributed by atoms with E-state index in [2.05, 4.69) is 26.6 Å². The van der Waals surface area contributed by atoms with Crippen molar-refractivity contribution in [2.75, 3.05) is 16.8 Å². The molecule has 1 atom stereocenters. The van der Waals surface area contributed by atoms with Crippen LogP contribution in [0.3, 0.4) is 0 Å². The Kier molecular flexibility index (Phi) is 5.30. The number of hydrogen-bond donors (Lipinski definition) is 2. The Hall–Kier alpha value is -2.05. The van der Waals surface area contributed by atoms with E-state index in [9.17, 15) is 9.59 Å². The second-order valence-electron chi connectivity index (χ2n) is 5.94. The average molecular weight is 423 g/mol. The molecule has 1 fully saturated rings. The SMILES string of the molecule is Cc1cc(NC(=O)NC2CC(=O)N(c3ccc(Cl)cc3)C2)ccc1Br. The van der Waals surface area contributed by atoms with Crippen LogP contribution >= 0.6 is 27.5 Å². The number of anilines is 2. The van der Waals surface area contributed by atoms with E-state index in [1.165, 1.54) is 0 Å². The summed E-state index contributed by atoms with van der Waals surface area (Å²) in [6.07, 6.45) is 0.273. The van der Waals surface area contributed by atoms with Crippen molar-refractivity contribution in [2.24, 2.45) is 0 Å². The van der Waals surface area contributed by atoms with Crippen LogP contribution in [0.2, 0.25) is 5.02 Å². The molecule has 0 bridgehead atoms. The molecule has 1 aliphatic rings. The minimum absolute atomic E-state index is 0.0212. The third kappa shape index (κ3) is 4.32. The van der Waals surface area contributed by atoms with Crippen LogP contribution in [0.4, 0.5) is 16.2 Å². The summed E-state index contributed by atoms with van der Waals surface area (Å²) in [6, 6.07) is 12.1. The fourth-order valence-electron chi connectivity index (χ4n) is 2.75. The topological polar surface area (TPSA) is 61.4 Å². The van der Waals surface area contributed by atoms with Crippen LogP contribution < -0.4 is 15.5 Å². The lowest BCUT2D eigenvalue weighted by Gasteiger charge is -2.17. The first-order chi connectivity index (χ1) is 11.9. The maximum absolute atomic E-state index is 12.2. The van der Waals surface area contributed by atoms with Gasteiger partial charge in [-0.05, 0) is 55.0 Å². The molecule has 2 aromatic carbocycles. The fraction of sp³-hybridized carbons (Fsp3) is 0.222. The summed E-state index contributed by atoms with van der Waals surface area (Å²) in [7, 11) is 0. The van der Waals surface area contributed by atoms with Crippen LogP contribution in [-0.4, -0.2) is 24.5 Å². The van der Waals surface area contributed by atoms with Gasteiger partial charge in [0.25, 0.3) is 0 Å². The van der Waals surface area contributed by atoms with Gasteiger partial charge in [0.2, 0.25) is 5.91 Å². The normalized spacial score (nSPS) is 16.8. The van der Waals surface area contributed by atoms with Gasteiger partial charge in [-0.1, -0.05) is 27.5 Å². The number of benzene rings is 2. The highest BCUT2D eigenvalue weighted by Crippen LogP contribution is 2.24. The van der Waals surface area contributed by atoms with E-state index in [1.54, 1.807) is 29.2 Å². The maximum Gasteiger partial charge on any atom is 0.319 e. The molecule has 2 N–H and O–H groups in total. The fourth-order valence-corrected chi connectivity index (χ4v) is 3.12. The average Bonchev–Trinajstić information content (AvgIpc) is 2.92. The largest absolute Gasteiger partial charge is 0.333 e. The summed E-state index contributed by atoms with van der Waals surface area (Å²) in [5.74, 6) is -0.0212. The summed E-state index contributed by atoms with van der Waals surface area (Å²) in [5.41, 5.74) is 2.52. The predicted molar refractivity (Wildman–Crippen MR) is 103 cm³/mol. The third-order valence-electron chi connectivity index (χ3n) is 4.01. The minimum atomic E-state index is -0.322. The van der Waals surface area contributed by atoms with E-state index in [0.29, 0.717) is 17.3 Å². The summed E-state index contributed by atoms with van der Waals surface area (Å²) in [6.45, 7) is 2.39. The van der Waals surface area contributed by atoms with Crippen LogP contribution in [0.15, 0.2) is 46.9 Å². The number of aryl methyl sites for hydroxylation is 1. The van der Waals surface area contributed by atoms with Crippen molar-refractivity contribution in [2.45, 2.75) is 19.4 Å². The molecule has 25 heavy (non-hydrogen) atoms. The highest BCUT2D eigenvalue weighted by molar-refractivity contribution is 9.10. The van der Waals surface area contributed by atoms with E-state index in [4.69, 9.17) is 11.6 Å². The van der Waals surface area contributed by atoms with Crippen molar-refractivity contribution in [3.63, 3.8) is 0 Å². The molecule has 130 valence electrons. The van der Waals surface area contributed by atoms with Gasteiger partial charge in [0, 0.05) is 33.8 Å². The van der Waals surface area contributed by atoms with Crippen LogP contribution in [0.25, 0.3) is 0 Å². The molecule has 1 unspecified atom stereocenters. The highest BCUT2D eigenvalue weighted by Gasteiger charge is 2.31. The number of rotatable bonds is 3. The summed E-state index contributed by atoms with van der Waals surface area (Å²) in [5, 5.41) is 6.27. The molecule has 2 aromatic rings. The molecule has 1 aliphatic heterocycles. The smallest absolute Gasteiger partial charge is 0.319 e. The molecular formula is C18H17BrClN3O2. The lowest BCUT2D eigenvalue weighted by Crippen LogP contribution is -2.39. The van der Waals surface area contributed by atoms with Crippen LogP contribution in [0.1, 0.15) is 12.0 Å². The molecule has 3 rings (SSSR count). The molecular weight excluding hydrogens is 406 g/mol. The van der Waals surface area contributed by atoms with Crippen LogP contribution in [-0.2, 0) is 4.79 Å². The molecule has 0 aliphatic carbocycles. The van der Waals surface area contributed by atoms with Crippen molar-refractivity contribution in [3.05, 3.63) is 57.5 Å². The predicted octanol–water partition coefficient (Wildman–Crippen LogP) is 4.34. The van der Waals surface area contributed by atoms with Crippen LogP contribution in [0.5, 0.6) is 0 Å². The van der Waals surface area contributed by atoms with E-state index in [-0.39, 0.29) is 24.4 Å². The molecule has 0 radical (unpaired) electrons. The Bertz CT molecular complexity index is 810. The maximum atomic E-state index is 12.2. The number of amides is 3. The minimum Gasteiger partial charge on any atom is -0.333 e. The second kappa shape index (κ2) is 7.45. The third-order valence-corrected chi connectivity index (χ3v) is 5.16. The number of carbonyl (C=O) groups excluding carboxylic acids is 2. The van der Waals surface area contributed by atoms with Gasteiger partial charge < -0.3 is 15.5 Å². The summed E-state index contributed by atoms with van der Waals surface area (Å²) in [4.78, 5) is 26.0. The molecule has 3 amide bonds. The number of carbonyl (C=O) groups is 2. The Morgan fingerprint density at radius 1 is 1.24 bits per heavy atom. The Labute approximate surface area is 159 Å². The molecule has 0 aromatic heterocycles. The van der Waals surface area contributed by atoms with Crippen molar-refractivity contribution < 1.29 is 9.59 Å². The molecule has 5 nitrogen and oxygen atoms in total. The number of nitrogens with zero attached hydrogens (tertiary/aromatic N) is 1. The molecule has 0 spiro atoms. The number of urea groups is 1. The van der Waals surface area contributed by atoms with Gasteiger partial charge >= 0.3 is 6.03 Å². The van der Waals surface area contributed by atoms with Gasteiger partial charge in [-0.15, -0.1) is 0 Å². The van der Waals surface area contributed by atoms with Gasteiger partial charge in [-0.2, -0.15) is 0 Å². The number of halogens is 2. The first kappa shape index (κ1) is 17.8. The quantitative estimate of drug-likeness (QED) is 0.773. The van der Waals surface area contributed by atoms with Gasteiger partial charge in [-0.25, -0.2) is 4.79 Å². The zero-order valence-electron chi connectivity index (χ0n) is 13.6. The second-order valence-corrected chi connectivity index (χ2v) is 7.24. The van der Waals surface area contributed by atoms with E-state index < -0.39 is 0 Å². The van der Waals surface area contributed by atoms with Gasteiger partial charge in [0.15, 0.2) is 0 Å². The zero-order valence-corrected chi connectivity index (χ0v) is 15.9. The molecule has 0 saturated carbocycles. The van der Waals surface area contributed by atoms with E-state index in [1.807, 2.05) is 25.1 Å². The monoisotopic (exact) mass is 421 g/mol. The Morgan fingerprint density at radius 3 is 2.64 bits per heavy atom. The van der Waals surface area contributed by atoms with Crippen LogP contribution in [0, 0.1) is 6.92 Å². The van der Waals surface area contributed by atoms with Gasteiger partial charge in [-0.3, -0.25) is 4.79 Å². The molecule has 7 heteroatoms. The van der Waals surface area contributed by atoms with E-state index >= 15 is 0 Å². The lowest BCUT2D eigenvalue weighted by molar-refractivity contribution is -0.117. The first-order valence-electron chi connectivity index (χ1n) is 7.82. The van der Waals surface area contributed by atoms with Gasteiger partial charge in [0.1, 0.15) is 0 Å². The summed E-state index contributed by atoms with van der Waals surface area (Å²) >= 11 is 9.31. The zero-order chi connectivity index (χ0) is 18.0. The Balaban J connectivity index is 1.60. The lowest BCUT2D eigenvalue weighted by atomic mass is 10.2. The number of hydrogen-bond acceptors (Lipinski definition) is 2. The van der Waals surface area contributed by atoms with Crippen molar-refractivity contribution >= 4 is 50.8 Å². The van der Waals surface area contributed by atoms with Crippen molar-refractivity contribution in [3.8, 4) is 0 Å². The highest BCUT2D eigenvalue weighted by atomic mass is 79.9. The Morgan fingerprint density at radius 2 is 1.96 bits per heavy atom. The molecule has 1 heterocycles. The van der Waals surface area contributed by atoms with Crippen molar-refractivity contribution in [1.82, 2.24) is 5.32 Å². The van der Waals surface area contributed by atoms with Gasteiger partial charge in [0.05, 0.1) is 6.04 Å². The first-order valence-corrected chi connectivity index (χ1v) is 8.99.